The molecule has 0 amide bonds. The summed E-state index contributed by atoms with van der Waals surface area (Å²) >= 11 is 2.88. The molecule has 0 spiro atoms. The van der Waals surface area contributed by atoms with Crippen LogP contribution in [0.1, 0.15) is 5.82 Å². The molecule has 5 rings (SSSR count). The van der Waals surface area contributed by atoms with Gasteiger partial charge in [-0.15, -0.1) is 22.7 Å². The van der Waals surface area contributed by atoms with Gasteiger partial charge >= 0.3 is 0 Å². The molecule has 1 saturated heterocycles. The maximum absolute atomic E-state index is 12.8. The van der Waals surface area contributed by atoms with Gasteiger partial charge in [0.1, 0.15) is 20.7 Å². The van der Waals surface area contributed by atoms with Crippen LogP contribution >= 0.6 is 22.7 Å². The zero-order valence-corrected chi connectivity index (χ0v) is 18.8. The summed E-state index contributed by atoms with van der Waals surface area (Å²) in [6, 6.07) is 13.7. The molecule has 0 atom stereocenters. The molecule has 1 aliphatic rings. The lowest BCUT2D eigenvalue weighted by Gasteiger charge is -2.34. The predicted molar refractivity (Wildman–Crippen MR) is 123 cm³/mol. The molecule has 9 heteroatoms. The van der Waals surface area contributed by atoms with Crippen molar-refractivity contribution in [1.29, 1.82) is 0 Å². The van der Waals surface area contributed by atoms with E-state index in [0.717, 1.165) is 33.0 Å². The Morgan fingerprint density at radius 1 is 0.933 bits per heavy atom. The monoisotopic (exact) mass is 456 g/mol. The van der Waals surface area contributed by atoms with Crippen molar-refractivity contribution in [2.45, 2.75) is 11.1 Å². The minimum Gasteiger partial charge on any atom is -0.353 e. The standard InChI is InChI=1S/C21H20N4O2S3/c1-15-22-20(19-17(14-29-21(19)23-15)16-6-3-2-4-7-16)24-9-11-25(12-10-24)30(26,27)18-8-5-13-28-18/h2-8,13-14H,9-12H2,1H3. The highest BCUT2D eigenvalue weighted by Crippen LogP contribution is 2.38. The van der Waals surface area contributed by atoms with Crippen molar-refractivity contribution in [2.24, 2.45) is 0 Å². The number of hydrogen-bond acceptors (Lipinski definition) is 7. The Kier molecular flexibility index (Phi) is 5.06. The number of fused-ring (bicyclic) bond motifs is 1. The number of anilines is 1. The topological polar surface area (TPSA) is 66.4 Å². The van der Waals surface area contributed by atoms with Gasteiger partial charge in [-0.3, -0.25) is 0 Å². The minimum atomic E-state index is -3.42. The first-order valence-electron chi connectivity index (χ1n) is 9.64. The molecule has 0 aliphatic carbocycles. The van der Waals surface area contributed by atoms with Crippen LogP contribution in [0, 0.1) is 6.92 Å². The van der Waals surface area contributed by atoms with Crippen LogP contribution in [0.3, 0.4) is 0 Å². The van der Waals surface area contributed by atoms with E-state index in [2.05, 4.69) is 27.4 Å². The first-order valence-corrected chi connectivity index (χ1v) is 12.8. The van der Waals surface area contributed by atoms with Gasteiger partial charge in [-0.1, -0.05) is 36.4 Å². The van der Waals surface area contributed by atoms with E-state index < -0.39 is 10.0 Å². The minimum absolute atomic E-state index is 0.403. The summed E-state index contributed by atoms with van der Waals surface area (Å²) in [5.74, 6) is 1.62. The number of piperazine rings is 1. The highest BCUT2D eigenvalue weighted by Gasteiger charge is 2.30. The lowest BCUT2D eigenvalue weighted by atomic mass is 10.1. The van der Waals surface area contributed by atoms with Crippen LogP contribution in [-0.2, 0) is 10.0 Å². The smallest absolute Gasteiger partial charge is 0.252 e. The van der Waals surface area contributed by atoms with Gasteiger partial charge in [0.15, 0.2) is 0 Å². The van der Waals surface area contributed by atoms with Crippen LogP contribution in [0.2, 0.25) is 0 Å². The van der Waals surface area contributed by atoms with Crippen LogP contribution in [0.5, 0.6) is 0 Å². The molecule has 0 saturated carbocycles. The third-order valence-corrected chi connectivity index (χ3v) is 9.38. The third kappa shape index (κ3) is 3.41. The molecule has 0 bridgehead atoms. The largest absolute Gasteiger partial charge is 0.353 e. The summed E-state index contributed by atoms with van der Waals surface area (Å²) < 4.78 is 27.7. The van der Waals surface area contributed by atoms with Crippen LogP contribution < -0.4 is 4.90 Å². The summed E-state index contributed by atoms with van der Waals surface area (Å²) in [6.45, 7) is 3.98. The van der Waals surface area contributed by atoms with Crippen LogP contribution in [0.25, 0.3) is 21.3 Å². The fourth-order valence-electron chi connectivity index (χ4n) is 3.76. The van der Waals surface area contributed by atoms with Gasteiger partial charge in [0, 0.05) is 37.1 Å². The molecule has 1 fully saturated rings. The summed E-state index contributed by atoms with van der Waals surface area (Å²) in [6.07, 6.45) is 0. The van der Waals surface area contributed by atoms with E-state index in [9.17, 15) is 8.42 Å². The van der Waals surface area contributed by atoms with Gasteiger partial charge in [0.25, 0.3) is 10.0 Å². The summed E-state index contributed by atoms with van der Waals surface area (Å²) in [4.78, 5) is 12.6. The second-order valence-corrected chi connectivity index (χ2v) is 11.1. The first-order chi connectivity index (χ1) is 14.5. The van der Waals surface area contributed by atoms with Gasteiger partial charge in [0.05, 0.1) is 5.39 Å². The van der Waals surface area contributed by atoms with Crippen LogP contribution in [0.15, 0.2) is 57.4 Å². The third-order valence-electron chi connectivity index (χ3n) is 5.24. The Hall–Kier alpha value is -2.33. The van der Waals surface area contributed by atoms with Gasteiger partial charge in [-0.05, 0) is 23.9 Å². The van der Waals surface area contributed by atoms with E-state index in [1.165, 1.54) is 11.3 Å². The summed E-state index contributed by atoms with van der Waals surface area (Å²) in [5, 5.41) is 4.98. The Bertz CT molecular complexity index is 1280. The zero-order valence-electron chi connectivity index (χ0n) is 16.4. The molecule has 3 aromatic heterocycles. The quantitative estimate of drug-likeness (QED) is 0.460. The lowest BCUT2D eigenvalue weighted by molar-refractivity contribution is 0.385. The molecule has 1 aromatic carbocycles. The molecule has 4 heterocycles. The van der Waals surface area contributed by atoms with Gasteiger partial charge in [0.2, 0.25) is 0 Å². The van der Waals surface area contributed by atoms with Crippen molar-refractivity contribution in [1.82, 2.24) is 14.3 Å². The van der Waals surface area contributed by atoms with Gasteiger partial charge < -0.3 is 4.90 Å². The molecule has 30 heavy (non-hydrogen) atoms. The van der Waals surface area contributed by atoms with E-state index in [-0.39, 0.29) is 0 Å². The first kappa shape index (κ1) is 19.6. The van der Waals surface area contributed by atoms with E-state index >= 15 is 0 Å². The SMILES string of the molecule is Cc1nc(N2CCN(S(=O)(=O)c3cccs3)CC2)c2c(-c3ccccc3)csc2n1. The molecule has 0 unspecified atom stereocenters. The Balaban J connectivity index is 1.48. The number of benzene rings is 1. The molecular formula is C21H20N4O2S3. The number of rotatable bonds is 4. The predicted octanol–water partition coefficient (Wildman–Crippen LogP) is 4.24. The van der Waals surface area contributed by atoms with Gasteiger partial charge in [-0.2, -0.15) is 4.31 Å². The lowest BCUT2D eigenvalue weighted by Crippen LogP contribution is -2.48. The Morgan fingerprint density at radius 2 is 1.70 bits per heavy atom. The van der Waals surface area contributed by atoms with Gasteiger partial charge in [-0.25, -0.2) is 18.4 Å². The average molecular weight is 457 g/mol. The van der Waals surface area contributed by atoms with Crippen molar-refractivity contribution in [3.05, 3.63) is 59.0 Å². The molecule has 6 nitrogen and oxygen atoms in total. The van der Waals surface area contributed by atoms with Crippen molar-refractivity contribution in [2.75, 3.05) is 31.1 Å². The second-order valence-electron chi connectivity index (χ2n) is 7.11. The zero-order chi connectivity index (χ0) is 20.7. The highest BCUT2D eigenvalue weighted by molar-refractivity contribution is 7.91. The number of hydrogen-bond donors (Lipinski definition) is 0. The Morgan fingerprint density at radius 3 is 2.40 bits per heavy atom. The highest BCUT2D eigenvalue weighted by atomic mass is 32.2. The number of aryl methyl sites for hydroxylation is 1. The second kappa shape index (κ2) is 7.73. The maximum atomic E-state index is 12.8. The van der Waals surface area contributed by atoms with Crippen molar-refractivity contribution in [3.8, 4) is 11.1 Å². The molecule has 0 N–H and O–H groups in total. The average Bonchev–Trinajstić information content (AvgIpc) is 3.44. The number of sulfonamides is 1. The number of aromatic nitrogens is 2. The van der Waals surface area contributed by atoms with E-state index in [1.54, 1.807) is 33.2 Å². The van der Waals surface area contributed by atoms with Crippen LogP contribution in [-0.4, -0.2) is 48.9 Å². The van der Waals surface area contributed by atoms with E-state index in [0.29, 0.717) is 30.4 Å². The van der Waals surface area contributed by atoms with E-state index in [4.69, 9.17) is 4.98 Å². The normalized spacial score (nSPS) is 15.7. The Labute approximate surface area is 183 Å². The van der Waals surface area contributed by atoms with Crippen molar-refractivity contribution < 1.29 is 8.42 Å². The van der Waals surface area contributed by atoms with E-state index in [1.807, 2.05) is 25.1 Å². The summed E-state index contributed by atoms with van der Waals surface area (Å²) in [7, 11) is -3.42. The van der Waals surface area contributed by atoms with Crippen molar-refractivity contribution >= 4 is 48.7 Å². The molecule has 154 valence electrons. The fourth-order valence-corrected chi connectivity index (χ4v) is 7.32. The maximum Gasteiger partial charge on any atom is 0.252 e. The number of nitrogens with zero attached hydrogens (tertiary/aromatic N) is 4. The molecule has 1 aliphatic heterocycles. The fraction of sp³-hybridized carbons (Fsp3) is 0.238. The van der Waals surface area contributed by atoms with Crippen LogP contribution in [0.4, 0.5) is 5.82 Å². The van der Waals surface area contributed by atoms with Crippen molar-refractivity contribution in [3.63, 3.8) is 0 Å². The summed E-state index contributed by atoms with van der Waals surface area (Å²) in [5.41, 5.74) is 2.26. The molecule has 4 aromatic rings. The molecule has 0 radical (unpaired) electrons. The molecular weight excluding hydrogens is 436 g/mol. The number of thiophene rings is 2.